The Morgan fingerprint density at radius 3 is 2.71 bits per heavy atom. The van der Waals surface area contributed by atoms with E-state index in [1.807, 2.05) is 55.8 Å². The molecule has 0 saturated heterocycles. The van der Waals surface area contributed by atoms with Crippen molar-refractivity contribution in [1.29, 1.82) is 0 Å². The molecular weight excluding hydrogens is 457 g/mol. The molecule has 1 aliphatic carbocycles. The molecule has 184 valence electrons. The number of rotatable bonds is 8. The van der Waals surface area contributed by atoms with Gasteiger partial charge in [0.25, 0.3) is 0 Å². The third kappa shape index (κ3) is 7.69. The minimum atomic E-state index is -0.453. The number of aromatic nitrogens is 2. The smallest absolute Gasteiger partial charge is 0.248 e. The van der Waals surface area contributed by atoms with Gasteiger partial charge in [-0.3, -0.25) is 8.77 Å². The Hall–Kier alpha value is -3.12. The van der Waals surface area contributed by atoms with E-state index in [9.17, 15) is 9.18 Å². The molecule has 1 aliphatic rings. The summed E-state index contributed by atoms with van der Waals surface area (Å²) in [7, 11) is 0. The first-order valence-electron chi connectivity index (χ1n) is 11.8. The van der Waals surface area contributed by atoms with E-state index in [-0.39, 0.29) is 17.0 Å². The van der Waals surface area contributed by atoms with Gasteiger partial charge < -0.3 is 5.32 Å². The molecule has 1 N–H and O–H groups in total. The lowest BCUT2D eigenvalue weighted by Gasteiger charge is -2.37. The lowest BCUT2D eigenvalue weighted by molar-refractivity contribution is -0.112. The summed E-state index contributed by atoms with van der Waals surface area (Å²) in [5.41, 5.74) is 5.00. The maximum absolute atomic E-state index is 13.7. The quantitative estimate of drug-likeness (QED) is 0.304. The average molecular weight is 492 g/mol. The molecule has 0 aliphatic heterocycles. The van der Waals surface area contributed by atoms with Crippen LogP contribution in [0.25, 0.3) is 0 Å². The van der Waals surface area contributed by atoms with Gasteiger partial charge in [0.1, 0.15) is 12.1 Å². The third-order valence-electron chi connectivity index (χ3n) is 6.12. The summed E-state index contributed by atoms with van der Waals surface area (Å²) in [6.45, 7) is 10.8. The molecule has 0 fully saturated rings. The number of para-hydroxylation sites is 1. The summed E-state index contributed by atoms with van der Waals surface area (Å²) < 4.78 is 15.8. The van der Waals surface area contributed by atoms with Crippen molar-refractivity contribution >= 4 is 23.5 Å². The fourth-order valence-electron chi connectivity index (χ4n) is 4.10. The molecule has 1 aromatic heterocycles. The highest BCUT2D eigenvalue weighted by molar-refractivity contribution is 7.98. The van der Waals surface area contributed by atoms with E-state index in [4.69, 9.17) is 0 Å². The minimum absolute atomic E-state index is 0.133. The molecule has 2 aromatic rings. The Morgan fingerprint density at radius 2 is 2.00 bits per heavy atom. The second kappa shape index (κ2) is 12.0. The van der Waals surface area contributed by atoms with E-state index in [1.165, 1.54) is 29.4 Å². The summed E-state index contributed by atoms with van der Waals surface area (Å²) in [4.78, 5) is 16.3. The van der Waals surface area contributed by atoms with Gasteiger partial charge in [0, 0.05) is 23.7 Å². The van der Waals surface area contributed by atoms with E-state index in [0.29, 0.717) is 5.25 Å². The van der Waals surface area contributed by atoms with Crippen molar-refractivity contribution in [1.82, 2.24) is 8.96 Å². The molecule has 1 atom stereocenters. The van der Waals surface area contributed by atoms with Crippen LogP contribution in [0.3, 0.4) is 0 Å². The van der Waals surface area contributed by atoms with Crippen LogP contribution in [0.5, 0.6) is 0 Å². The zero-order chi connectivity index (χ0) is 25.4. The molecule has 0 spiro atoms. The molecule has 0 radical (unpaired) electrons. The van der Waals surface area contributed by atoms with Gasteiger partial charge in [0.05, 0.1) is 5.69 Å². The van der Waals surface area contributed by atoms with Crippen molar-refractivity contribution in [3.8, 4) is 0 Å². The van der Waals surface area contributed by atoms with Crippen molar-refractivity contribution in [3.05, 3.63) is 108 Å². The van der Waals surface area contributed by atoms with Gasteiger partial charge >= 0.3 is 0 Å². The van der Waals surface area contributed by atoms with Crippen LogP contribution < -0.4 is 5.32 Å². The maximum atomic E-state index is 13.7. The number of halogens is 1. The third-order valence-corrected chi connectivity index (χ3v) is 7.42. The standard InChI is InChI=1S/C29H34FN3OS/c1-21(9-8-10-22(2)19-28(34)32-26-12-7-6-11-25(26)30)13-14-24-23(3)27(15-16-29(24,4)5)35-33-18-17-31-20-33/h6-14,17-20,27H,15-16H2,1-5H3,(H,32,34)/b10-8+,14-13+,21-9+,22-19+. The van der Waals surface area contributed by atoms with Crippen molar-refractivity contribution in [2.75, 3.05) is 5.32 Å². The van der Waals surface area contributed by atoms with Crippen LogP contribution in [0.1, 0.15) is 47.5 Å². The molecule has 1 amide bonds. The second-order valence-corrected chi connectivity index (χ2v) is 10.7. The summed E-state index contributed by atoms with van der Waals surface area (Å²) in [6.07, 6.45) is 19.6. The number of imidazole rings is 1. The van der Waals surface area contributed by atoms with E-state index in [0.717, 1.165) is 24.0 Å². The number of allylic oxidation sites excluding steroid dienone is 8. The van der Waals surface area contributed by atoms with E-state index in [1.54, 1.807) is 12.1 Å². The monoisotopic (exact) mass is 491 g/mol. The zero-order valence-corrected chi connectivity index (χ0v) is 21.9. The second-order valence-electron chi connectivity index (χ2n) is 9.50. The number of hydrogen-bond acceptors (Lipinski definition) is 3. The first kappa shape index (κ1) is 26.5. The number of anilines is 1. The van der Waals surface area contributed by atoms with E-state index >= 15 is 0 Å². The van der Waals surface area contributed by atoms with Gasteiger partial charge in [-0.15, -0.1) is 0 Å². The molecule has 1 heterocycles. The van der Waals surface area contributed by atoms with Gasteiger partial charge in [0.15, 0.2) is 0 Å². The van der Waals surface area contributed by atoms with E-state index < -0.39 is 5.82 Å². The largest absolute Gasteiger partial charge is 0.320 e. The van der Waals surface area contributed by atoms with Gasteiger partial charge in [-0.1, -0.05) is 67.5 Å². The number of amides is 1. The van der Waals surface area contributed by atoms with Crippen molar-refractivity contribution < 1.29 is 9.18 Å². The molecule has 1 unspecified atom stereocenters. The summed E-state index contributed by atoms with van der Waals surface area (Å²) >= 11 is 1.82. The first-order chi connectivity index (χ1) is 16.7. The Bertz CT molecular complexity index is 1190. The maximum Gasteiger partial charge on any atom is 0.248 e. The molecular formula is C29H34FN3OS. The van der Waals surface area contributed by atoms with Crippen molar-refractivity contribution in [2.24, 2.45) is 5.41 Å². The minimum Gasteiger partial charge on any atom is -0.320 e. The number of nitrogens with zero attached hydrogens (tertiary/aromatic N) is 2. The highest BCUT2D eigenvalue weighted by Gasteiger charge is 2.32. The normalized spacial score (nSPS) is 19.1. The first-order valence-corrected chi connectivity index (χ1v) is 12.6. The number of carbonyl (C=O) groups excluding carboxylic acids is 1. The van der Waals surface area contributed by atoms with Crippen LogP contribution in [0.15, 0.2) is 102 Å². The zero-order valence-electron chi connectivity index (χ0n) is 21.1. The molecule has 35 heavy (non-hydrogen) atoms. The van der Waals surface area contributed by atoms with Crippen LogP contribution in [-0.4, -0.2) is 20.1 Å². The highest BCUT2D eigenvalue weighted by atomic mass is 32.2. The fraction of sp³-hybridized carbons (Fsp3) is 0.310. The highest BCUT2D eigenvalue weighted by Crippen LogP contribution is 2.44. The van der Waals surface area contributed by atoms with Crippen molar-refractivity contribution in [2.45, 2.75) is 52.7 Å². The molecule has 1 aromatic carbocycles. The lowest BCUT2D eigenvalue weighted by Crippen LogP contribution is -2.26. The predicted octanol–water partition coefficient (Wildman–Crippen LogP) is 7.67. The van der Waals surface area contributed by atoms with Crippen LogP contribution in [0.2, 0.25) is 0 Å². The molecule has 4 nitrogen and oxygen atoms in total. The Labute approximate surface area is 212 Å². The Kier molecular flexibility index (Phi) is 9.10. The van der Waals surface area contributed by atoms with E-state index in [2.05, 4.69) is 54.1 Å². The summed E-state index contributed by atoms with van der Waals surface area (Å²) in [5.74, 6) is -0.811. The number of nitrogens with one attached hydrogen (secondary N) is 1. The Balaban J connectivity index is 1.64. The summed E-state index contributed by atoms with van der Waals surface area (Å²) in [5, 5.41) is 3.00. The lowest BCUT2D eigenvalue weighted by atomic mass is 9.72. The summed E-state index contributed by atoms with van der Waals surface area (Å²) in [6, 6.07) is 6.12. The van der Waals surface area contributed by atoms with Gasteiger partial charge in [-0.05, 0) is 74.3 Å². The predicted molar refractivity (Wildman–Crippen MR) is 146 cm³/mol. The fourth-order valence-corrected chi connectivity index (χ4v) is 5.14. The average Bonchev–Trinajstić information content (AvgIpc) is 3.30. The van der Waals surface area contributed by atoms with Gasteiger partial charge in [0.2, 0.25) is 5.91 Å². The van der Waals surface area contributed by atoms with Gasteiger partial charge in [-0.2, -0.15) is 0 Å². The van der Waals surface area contributed by atoms with Crippen molar-refractivity contribution in [3.63, 3.8) is 0 Å². The van der Waals surface area contributed by atoms with Crippen LogP contribution >= 0.6 is 11.9 Å². The van der Waals surface area contributed by atoms with Crippen LogP contribution in [0, 0.1) is 11.2 Å². The molecule has 3 rings (SSSR count). The van der Waals surface area contributed by atoms with Crippen LogP contribution in [-0.2, 0) is 4.79 Å². The number of benzene rings is 1. The molecule has 0 bridgehead atoms. The number of carbonyl (C=O) groups is 1. The molecule has 6 heteroatoms. The molecule has 0 saturated carbocycles. The Morgan fingerprint density at radius 1 is 1.23 bits per heavy atom. The number of hydrogen-bond donors (Lipinski definition) is 1. The van der Waals surface area contributed by atoms with Gasteiger partial charge in [-0.25, -0.2) is 9.37 Å². The van der Waals surface area contributed by atoms with Crippen LogP contribution in [0.4, 0.5) is 10.1 Å². The topological polar surface area (TPSA) is 46.9 Å². The SMILES string of the molecule is CC1=C(/C=C/C(C)=C/C=C/C(C)=C/C(=O)Nc2ccccc2F)C(C)(C)CCC1Sn1ccnc1.